The Labute approximate surface area is 161 Å². The van der Waals surface area contributed by atoms with Gasteiger partial charge in [-0.3, -0.25) is 10.1 Å². The van der Waals surface area contributed by atoms with Crippen molar-refractivity contribution in [3.05, 3.63) is 83.0 Å². The maximum Gasteiger partial charge on any atom is 0.260 e. The number of carbonyl (C=O) groups is 1. The van der Waals surface area contributed by atoms with Crippen LogP contribution in [0.2, 0.25) is 0 Å². The van der Waals surface area contributed by atoms with Gasteiger partial charge in [0.05, 0.1) is 28.8 Å². The molecule has 0 fully saturated rings. The molecule has 0 saturated carbocycles. The van der Waals surface area contributed by atoms with Gasteiger partial charge in [0.15, 0.2) is 5.13 Å². The molecule has 2 heterocycles. The molecular weight excluding hydrogens is 356 g/mol. The number of aromatic nitrogens is 3. The third kappa shape index (κ3) is 3.52. The molecule has 0 bridgehead atoms. The number of anilines is 1. The minimum atomic E-state index is -0.209. The number of para-hydroxylation sites is 1. The third-order valence-electron chi connectivity index (χ3n) is 4.33. The lowest BCUT2D eigenvalue weighted by molar-refractivity contribution is 0.102. The molecule has 0 aliphatic heterocycles. The van der Waals surface area contributed by atoms with E-state index in [2.05, 4.69) is 22.3 Å². The average Bonchev–Trinajstić information content (AvgIpc) is 3.30. The first-order chi connectivity index (χ1) is 13.1. The molecule has 0 saturated heterocycles. The Balaban J connectivity index is 1.53. The molecule has 0 radical (unpaired) electrons. The lowest BCUT2D eigenvalue weighted by atomic mass is 10.1. The monoisotopic (exact) mass is 374 g/mol. The van der Waals surface area contributed by atoms with E-state index in [1.54, 1.807) is 10.9 Å². The maximum absolute atomic E-state index is 12.7. The second-order valence-corrected chi connectivity index (χ2v) is 7.11. The van der Waals surface area contributed by atoms with Gasteiger partial charge < -0.3 is 0 Å². The van der Waals surface area contributed by atoms with Crippen molar-refractivity contribution >= 4 is 22.4 Å². The molecule has 1 N–H and O–H groups in total. The summed E-state index contributed by atoms with van der Waals surface area (Å²) in [5, 5.41) is 9.75. The van der Waals surface area contributed by atoms with Crippen molar-refractivity contribution in [3.8, 4) is 16.9 Å². The SMILES string of the molecule is Cc1ccc(-c2csc(NC(=O)c3cnn(-c4ccccc4)c3C)n2)cc1. The predicted octanol–water partition coefficient (Wildman–Crippen LogP) is 4.86. The van der Waals surface area contributed by atoms with Gasteiger partial charge in [-0.1, -0.05) is 48.0 Å². The molecule has 0 aliphatic carbocycles. The summed E-state index contributed by atoms with van der Waals surface area (Å²) in [6.07, 6.45) is 1.59. The van der Waals surface area contributed by atoms with Crippen LogP contribution in [0.25, 0.3) is 16.9 Å². The quantitative estimate of drug-likeness (QED) is 0.555. The highest BCUT2D eigenvalue weighted by Gasteiger charge is 2.16. The summed E-state index contributed by atoms with van der Waals surface area (Å²) >= 11 is 1.41. The first-order valence-corrected chi connectivity index (χ1v) is 9.44. The minimum Gasteiger partial charge on any atom is -0.298 e. The van der Waals surface area contributed by atoms with Gasteiger partial charge in [0, 0.05) is 10.9 Å². The second kappa shape index (κ2) is 7.17. The number of nitrogens with one attached hydrogen (secondary N) is 1. The van der Waals surface area contributed by atoms with E-state index in [1.165, 1.54) is 16.9 Å². The van der Waals surface area contributed by atoms with Crippen molar-refractivity contribution in [1.29, 1.82) is 0 Å². The summed E-state index contributed by atoms with van der Waals surface area (Å²) in [5.74, 6) is -0.209. The maximum atomic E-state index is 12.7. The van der Waals surface area contributed by atoms with Crippen LogP contribution in [0, 0.1) is 13.8 Å². The molecule has 4 rings (SSSR count). The average molecular weight is 374 g/mol. The lowest BCUT2D eigenvalue weighted by Crippen LogP contribution is -2.13. The fourth-order valence-electron chi connectivity index (χ4n) is 2.81. The van der Waals surface area contributed by atoms with Crippen LogP contribution < -0.4 is 5.32 Å². The van der Waals surface area contributed by atoms with Crippen LogP contribution in [0.1, 0.15) is 21.6 Å². The molecule has 0 unspecified atom stereocenters. The third-order valence-corrected chi connectivity index (χ3v) is 5.08. The number of aryl methyl sites for hydroxylation is 1. The summed E-state index contributed by atoms with van der Waals surface area (Å²) in [5.41, 5.74) is 5.33. The number of carbonyl (C=O) groups excluding carboxylic acids is 1. The van der Waals surface area contributed by atoms with Crippen LogP contribution in [0.15, 0.2) is 66.2 Å². The number of benzene rings is 2. The van der Waals surface area contributed by atoms with Crippen molar-refractivity contribution < 1.29 is 4.79 Å². The van der Waals surface area contributed by atoms with Crippen molar-refractivity contribution in [2.75, 3.05) is 5.32 Å². The van der Waals surface area contributed by atoms with Gasteiger partial charge in [0.25, 0.3) is 5.91 Å². The first-order valence-electron chi connectivity index (χ1n) is 8.56. The smallest absolute Gasteiger partial charge is 0.260 e. The van der Waals surface area contributed by atoms with Gasteiger partial charge in [-0.05, 0) is 26.0 Å². The van der Waals surface area contributed by atoms with Gasteiger partial charge in [0.2, 0.25) is 0 Å². The summed E-state index contributed by atoms with van der Waals surface area (Å²) in [7, 11) is 0. The Bertz CT molecular complexity index is 1080. The van der Waals surface area contributed by atoms with E-state index >= 15 is 0 Å². The Morgan fingerprint density at radius 3 is 2.52 bits per heavy atom. The Kier molecular flexibility index (Phi) is 4.56. The zero-order chi connectivity index (χ0) is 18.8. The summed E-state index contributed by atoms with van der Waals surface area (Å²) < 4.78 is 1.76. The molecule has 1 amide bonds. The summed E-state index contributed by atoms with van der Waals surface area (Å²) in [6, 6.07) is 17.9. The van der Waals surface area contributed by atoms with E-state index in [0.717, 1.165) is 22.6 Å². The normalized spacial score (nSPS) is 10.7. The zero-order valence-corrected chi connectivity index (χ0v) is 15.8. The highest BCUT2D eigenvalue weighted by molar-refractivity contribution is 7.14. The second-order valence-electron chi connectivity index (χ2n) is 6.25. The van der Waals surface area contributed by atoms with Crippen molar-refractivity contribution in [2.45, 2.75) is 13.8 Å². The molecule has 27 heavy (non-hydrogen) atoms. The largest absolute Gasteiger partial charge is 0.298 e. The van der Waals surface area contributed by atoms with E-state index in [9.17, 15) is 4.79 Å². The van der Waals surface area contributed by atoms with Gasteiger partial charge in [-0.15, -0.1) is 11.3 Å². The molecule has 6 heteroatoms. The molecule has 134 valence electrons. The zero-order valence-electron chi connectivity index (χ0n) is 15.0. The van der Waals surface area contributed by atoms with E-state index in [1.807, 2.05) is 66.9 Å². The Hall–Kier alpha value is -3.25. The van der Waals surface area contributed by atoms with Crippen molar-refractivity contribution in [2.24, 2.45) is 0 Å². The van der Waals surface area contributed by atoms with Gasteiger partial charge in [-0.25, -0.2) is 9.67 Å². The topological polar surface area (TPSA) is 59.8 Å². The fraction of sp³-hybridized carbons (Fsp3) is 0.0952. The Morgan fingerprint density at radius 1 is 1.04 bits per heavy atom. The highest BCUT2D eigenvalue weighted by Crippen LogP contribution is 2.26. The van der Waals surface area contributed by atoms with Crippen molar-refractivity contribution in [1.82, 2.24) is 14.8 Å². The van der Waals surface area contributed by atoms with Crippen molar-refractivity contribution in [3.63, 3.8) is 0 Å². The van der Waals surface area contributed by atoms with Crippen LogP contribution in [0.4, 0.5) is 5.13 Å². The van der Waals surface area contributed by atoms with Crippen LogP contribution in [-0.4, -0.2) is 20.7 Å². The first kappa shape index (κ1) is 17.2. The molecule has 2 aromatic heterocycles. The fourth-order valence-corrected chi connectivity index (χ4v) is 3.53. The lowest BCUT2D eigenvalue weighted by Gasteiger charge is -2.05. The van der Waals surface area contributed by atoms with E-state index in [4.69, 9.17) is 0 Å². The highest BCUT2D eigenvalue weighted by atomic mass is 32.1. The van der Waals surface area contributed by atoms with E-state index in [-0.39, 0.29) is 5.91 Å². The Morgan fingerprint density at radius 2 is 1.78 bits per heavy atom. The number of amides is 1. The van der Waals surface area contributed by atoms with Gasteiger partial charge in [0.1, 0.15) is 0 Å². The van der Waals surface area contributed by atoms with Crippen LogP contribution in [-0.2, 0) is 0 Å². The van der Waals surface area contributed by atoms with E-state index < -0.39 is 0 Å². The van der Waals surface area contributed by atoms with Crippen LogP contribution in [0.3, 0.4) is 0 Å². The van der Waals surface area contributed by atoms with Crippen LogP contribution in [0.5, 0.6) is 0 Å². The minimum absolute atomic E-state index is 0.209. The van der Waals surface area contributed by atoms with Crippen LogP contribution >= 0.6 is 11.3 Å². The molecule has 5 nitrogen and oxygen atoms in total. The molecule has 0 atom stereocenters. The summed E-state index contributed by atoms with van der Waals surface area (Å²) in [4.78, 5) is 17.2. The number of hydrogen-bond acceptors (Lipinski definition) is 4. The number of rotatable bonds is 4. The summed E-state index contributed by atoms with van der Waals surface area (Å²) in [6.45, 7) is 3.93. The number of hydrogen-bond donors (Lipinski definition) is 1. The molecule has 2 aromatic carbocycles. The molecule has 0 spiro atoms. The molecule has 4 aromatic rings. The molecular formula is C21H18N4OS. The molecule has 0 aliphatic rings. The predicted molar refractivity (Wildman–Crippen MR) is 109 cm³/mol. The van der Waals surface area contributed by atoms with Gasteiger partial charge >= 0.3 is 0 Å². The van der Waals surface area contributed by atoms with Gasteiger partial charge in [-0.2, -0.15) is 5.10 Å². The number of nitrogens with zero attached hydrogens (tertiary/aromatic N) is 3. The number of thiazole rings is 1. The van der Waals surface area contributed by atoms with E-state index in [0.29, 0.717) is 10.7 Å². The standard InChI is InChI=1S/C21H18N4OS/c1-14-8-10-16(11-9-14)19-13-27-21(23-19)24-20(26)18-12-22-25(15(18)2)17-6-4-3-5-7-17/h3-13H,1-2H3,(H,23,24,26).